The van der Waals surface area contributed by atoms with Crippen molar-refractivity contribution in [2.45, 2.75) is 19.4 Å². The van der Waals surface area contributed by atoms with Gasteiger partial charge < -0.3 is 5.32 Å². The molecule has 3 aromatic carbocycles. The van der Waals surface area contributed by atoms with Gasteiger partial charge in [-0.25, -0.2) is 0 Å². The Morgan fingerprint density at radius 1 is 0.769 bits per heavy atom. The molecule has 126 valence electrons. The van der Waals surface area contributed by atoms with Crippen LogP contribution in [-0.4, -0.2) is 0 Å². The molecule has 2 aliphatic rings. The highest BCUT2D eigenvalue weighted by Gasteiger charge is 2.45. The normalized spacial score (nSPS) is 20.1. The lowest BCUT2D eigenvalue weighted by Gasteiger charge is -2.37. The van der Waals surface area contributed by atoms with E-state index in [2.05, 4.69) is 104 Å². The van der Waals surface area contributed by atoms with Gasteiger partial charge >= 0.3 is 0 Å². The van der Waals surface area contributed by atoms with Crippen LogP contribution in [0.3, 0.4) is 0 Å². The molecule has 1 aliphatic heterocycles. The van der Waals surface area contributed by atoms with Crippen molar-refractivity contribution in [1.29, 1.82) is 0 Å². The lowest BCUT2D eigenvalue weighted by molar-refractivity contribution is 0.803. The van der Waals surface area contributed by atoms with E-state index in [1.54, 1.807) is 0 Å². The predicted octanol–water partition coefficient (Wildman–Crippen LogP) is 6.27. The largest absolute Gasteiger partial charge is 0.368 e. The quantitative estimate of drug-likeness (QED) is 0.552. The molecule has 1 N–H and O–H groups in total. The number of nitrogens with one attached hydrogen (secondary N) is 1. The van der Waals surface area contributed by atoms with Gasteiger partial charge in [-0.15, -0.1) is 0 Å². The number of hydrogen-bond donors (Lipinski definition) is 1. The standard InChI is InChI=1S/C25H21N/c1-17-9-8-13-21-18(2)24(20-11-4-3-5-12-20)25(23(17)21)16-15-19-10-6-7-14-22(19)26-25/h3-16,26H,1-2H3. The topological polar surface area (TPSA) is 12.0 Å². The summed E-state index contributed by atoms with van der Waals surface area (Å²) in [7, 11) is 0. The molecule has 0 bridgehead atoms. The first-order chi connectivity index (χ1) is 12.7. The van der Waals surface area contributed by atoms with Crippen molar-refractivity contribution in [3.05, 3.63) is 107 Å². The highest BCUT2D eigenvalue weighted by molar-refractivity contribution is 6.05. The Bertz CT molecular complexity index is 1070. The second-order valence-corrected chi connectivity index (χ2v) is 7.22. The lowest BCUT2D eigenvalue weighted by atomic mass is 9.78. The van der Waals surface area contributed by atoms with Gasteiger partial charge in [0.05, 0.1) is 0 Å². The summed E-state index contributed by atoms with van der Waals surface area (Å²) < 4.78 is 0. The van der Waals surface area contributed by atoms with Gasteiger partial charge in [0.15, 0.2) is 0 Å². The SMILES string of the molecule is CC1=C(c2ccccc2)C2(C=Cc3ccccc3N2)c2c(C)cccc21. The van der Waals surface area contributed by atoms with Crippen LogP contribution in [0.4, 0.5) is 5.69 Å². The summed E-state index contributed by atoms with van der Waals surface area (Å²) in [6, 6.07) is 25.9. The van der Waals surface area contributed by atoms with Gasteiger partial charge in [0, 0.05) is 5.69 Å². The molecule has 1 nitrogen and oxygen atoms in total. The van der Waals surface area contributed by atoms with Crippen LogP contribution in [0.1, 0.15) is 34.7 Å². The first kappa shape index (κ1) is 15.2. The van der Waals surface area contributed by atoms with Crippen molar-refractivity contribution in [3.8, 4) is 0 Å². The third kappa shape index (κ3) is 1.97. The second-order valence-electron chi connectivity index (χ2n) is 7.22. The Morgan fingerprint density at radius 2 is 1.54 bits per heavy atom. The molecular formula is C25H21N. The number of benzene rings is 3. The van der Waals surface area contributed by atoms with Gasteiger partial charge in [-0.2, -0.15) is 0 Å². The fourth-order valence-corrected chi connectivity index (χ4v) is 4.62. The number of anilines is 1. The van der Waals surface area contributed by atoms with Crippen molar-refractivity contribution >= 4 is 22.9 Å². The maximum absolute atomic E-state index is 3.90. The molecule has 0 aromatic heterocycles. The molecular weight excluding hydrogens is 314 g/mol. The van der Waals surface area contributed by atoms with Gasteiger partial charge in [-0.05, 0) is 65.0 Å². The Hall–Kier alpha value is -3.06. The zero-order valence-corrected chi connectivity index (χ0v) is 15.1. The van der Waals surface area contributed by atoms with Crippen LogP contribution in [0.15, 0.2) is 78.9 Å². The minimum atomic E-state index is -0.319. The average molecular weight is 335 g/mol. The van der Waals surface area contributed by atoms with E-state index >= 15 is 0 Å². The molecule has 1 spiro atoms. The molecule has 0 saturated carbocycles. The third-order valence-electron chi connectivity index (χ3n) is 5.71. The van der Waals surface area contributed by atoms with Gasteiger partial charge in [0.1, 0.15) is 5.54 Å². The molecule has 1 atom stereocenters. The number of allylic oxidation sites excluding steroid dienone is 1. The van der Waals surface area contributed by atoms with E-state index in [1.807, 2.05) is 0 Å². The summed E-state index contributed by atoms with van der Waals surface area (Å²) in [6.45, 7) is 4.48. The summed E-state index contributed by atoms with van der Waals surface area (Å²) in [5, 5.41) is 3.90. The molecule has 26 heavy (non-hydrogen) atoms. The Morgan fingerprint density at radius 3 is 2.38 bits per heavy atom. The minimum Gasteiger partial charge on any atom is -0.368 e. The number of fused-ring (bicyclic) bond motifs is 3. The number of rotatable bonds is 1. The highest BCUT2D eigenvalue weighted by Crippen LogP contribution is 2.54. The van der Waals surface area contributed by atoms with Gasteiger partial charge in [0.2, 0.25) is 0 Å². The van der Waals surface area contributed by atoms with Gasteiger partial charge in [0.25, 0.3) is 0 Å². The Balaban J connectivity index is 1.83. The summed E-state index contributed by atoms with van der Waals surface area (Å²) in [5.41, 5.74) is 10.1. The maximum atomic E-state index is 3.90. The fraction of sp³-hybridized carbons (Fsp3) is 0.120. The van der Waals surface area contributed by atoms with Crippen LogP contribution < -0.4 is 5.32 Å². The van der Waals surface area contributed by atoms with E-state index in [4.69, 9.17) is 0 Å². The fourth-order valence-electron chi connectivity index (χ4n) is 4.62. The van der Waals surface area contributed by atoms with E-state index in [0.29, 0.717) is 0 Å². The van der Waals surface area contributed by atoms with Crippen LogP contribution in [0.25, 0.3) is 17.2 Å². The van der Waals surface area contributed by atoms with E-state index in [9.17, 15) is 0 Å². The third-order valence-corrected chi connectivity index (χ3v) is 5.71. The molecule has 1 aliphatic carbocycles. The van der Waals surface area contributed by atoms with Crippen molar-refractivity contribution in [2.75, 3.05) is 5.32 Å². The van der Waals surface area contributed by atoms with E-state index in [1.165, 1.54) is 44.7 Å². The molecule has 0 radical (unpaired) electrons. The molecule has 0 amide bonds. The smallest absolute Gasteiger partial charge is 0.109 e. The summed E-state index contributed by atoms with van der Waals surface area (Å²) >= 11 is 0. The zero-order valence-electron chi connectivity index (χ0n) is 15.1. The molecule has 3 aromatic rings. The second kappa shape index (κ2) is 5.47. The average Bonchev–Trinajstić information content (AvgIpc) is 2.91. The zero-order chi connectivity index (χ0) is 17.7. The summed E-state index contributed by atoms with van der Waals surface area (Å²) in [5.74, 6) is 0. The summed E-state index contributed by atoms with van der Waals surface area (Å²) in [4.78, 5) is 0. The lowest BCUT2D eigenvalue weighted by Crippen LogP contribution is -2.35. The maximum Gasteiger partial charge on any atom is 0.109 e. The highest BCUT2D eigenvalue weighted by atomic mass is 15.0. The molecule has 0 fully saturated rings. The first-order valence-electron chi connectivity index (χ1n) is 9.14. The molecule has 1 heteroatoms. The van der Waals surface area contributed by atoms with Crippen molar-refractivity contribution in [1.82, 2.24) is 0 Å². The van der Waals surface area contributed by atoms with Crippen LogP contribution in [0, 0.1) is 6.92 Å². The minimum absolute atomic E-state index is 0.319. The molecule has 1 unspecified atom stereocenters. The number of hydrogen-bond acceptors (Lipinski definition) is 1. The van der Waals surface area contributed by atoms with E-state index in [0.717, 1.165) is 0 Å². The first-order valence-corrected chi connectivity index (χ1v) is 9.14. The van der Waals surface area contributed by atoms with Crippen molar-refractivity contribution in [3.63, 3.8) is 0 Å². The van der Waals surface area contributed by atoms with E-state index in [-0.39, 0.29) is 5.54 Å². The molecule has 5 rings (SSSR count). The Labute approximate surface area is 154 Å². The predicted molar refractivity (Wildman–Crippen MR) is 111 cm³/mol. The van der Waals surface area contributed by atoms with Crippen LogP contribution in [0.2, 0.25) is 0 Å². The number of aryl methyl sites for hydroxylation is 1. The van der Waals surface area contributed by atoms with Crippen LogP contribution in [0.5, 0.6) is 0 Å². The van der Waals surface area contributed by atoms with Gasteiger partial charge in [-0.3, -0.25) is 0 Å². The number of para-hydroxylation sites is 1. The molecule has 0 saturated heterocycles. The van der Waals surface area contributed by atoms with Crippen LogP contribution >= 0.6 is 0 Å². The van der Waals surface area contributed by atoms with Crippen molar-refractivity contribution in [2.24, 2.45) is 0 Å². The van der Waals surface area contributed by atoms with Crippen LogP contribution in [-0.2, 0) is 5.54 Å². The summed E-state index contributed by atoms with van der Waals surface area (Å²) in [6.07, 6.45) is 4.61. The molecule has 1 heterocycles. The van der Waals surface area contributed by atoms with E-state index < -0.39 is 0 Å². The van der Waals surface area contributed by atoms with Crippen molar-refractivity contribution < 1.29 is 0 Å². The Kier molecular flexibility index (Phi) is 3.20. The monoisotopic (exact) mass is 335 g/mol. The van der Waals surface area contributed by atoms with Gasteiger partial charge in [-0.1, -0.05) is 72.8 Å².